The highest BCUT2D eigenvalue weighted by Crippen LogP contribution is 2.26. The molecule has 12 N–H and O–H groups in total. The van der Waals surface area contributed by atoms with Gasteiger partial charge < -0.3 is 48.4 Å². The topological polar surface area (TPSA) is 276 Å². The monoisotopic (exact) mass is 883 g/mol. The highest BCUT2D eigenvalue weighted by molar-refractivity contribution is 6.06. The number of imidazole rings is 1. The van der Waals surface area contributed by atoms with Crippen LogP contribution in [0, 0.1) is 0 Å². The fourth-order valence-corrected chi connectivity index (χ4v) is 7.68. The normalized spacial score (nSPS) is 14.0. The van der Waals surface area contributed by atoms with E-state index >= 15 is 0 Å². The first kappa shape index (κ1) is 47.1. The average Bonchev–Trinajstić information content (AvgIpc) is 3.98. The number of aromatic amines is 2. The van der Waals surface area contributed by atoms with Gasteiger partial charge in [-0.15, -0.1) is 0 Å². The third-order valence-electron chi connectivity index (χ3n) is 11.3. The molecule has 17 nitrogen and oxygen atoms in total. The molecule has 0 unspecified atom stereocenters. The Hall–Kier alpha value is -7.37. The molecule has 17 heteroatoms. The smallest absolute Gasteiger partial charge is 0.250 e. The Morgan fingerprint density at radius 2 is 1.32 bits per heavy atom. The molecule has 2 aromatic heterocycles. The molecule has 0 saturated carbocycles. The molecular weight excluding hydrogens is 827 g/mol. The second-order valence-electron chi connectivity index (χ2n) is 16.2. The van der Waals surface area contributed by atoms with E-state index in [1.54, 1.807) is 42.6 Å². The number of aromatic nitrogens is 3. The third kappa shape index (κ3) is 12.4. The van der Waals surface area contributed by atoms with Gasteiger partial charge in [0.1, 0.15) is 30.2 Å². The van der Waals surface area contributed by atoms with Crippen LogP contribution >= 0.6 is 0 Å². The van der Waals surface area contributed by atoms with Crippen LogP contribution in [0.4, 0.5) is 5.69 Å². The highest BCUT2D eigenvalue weighted by atomic mass is 16.2. The summed E-state index contributed by atoms with van der Waals surface area (Å²) in [6.07, 6.45) is 6.17. The van der Waals surface area contributed by atoms with Gasteiger partial charge in [-0.3, -0.25) is 33.7 Å². The van der Waals surface area contributed by atoms with E-state index in [9.17, 15) is 28.8 Å². The van der Waals surface area contributed by atoms with Crippen molar-refractivity contribution >= 4 is 62.8 Å². The summed E-state index contributed by atoms with van der Waals surface area (Å²) in [7, 11) is 0. The minimum atomic E-state index is -1.29. The fourth-order valence-electron chi connectivity index (χ4n) is 7.68. The summed E-state index contributed by atoms with van der Waals surface area (Å²) in [6.45, 7) is 3.43. The Labute approximate surface area is 376 Å². The van der Waals surface area contributed by atoms with Gasteiger partial charge in [0.2, 0.25) is 29.5 Å². The lowest BCUT2D eigenvalue weighted by atomic mass is 10.0. The van der Waals surface area contributed by atoms with Crippen molar-refractivity contribution in [3.8, 4) is 0 Å². The summed E-state index contributed by atoms with van der Waals surface area (Å²) in [4.78, 5) is 95.6. The number of primary amides is 1. The van der Waals surface area contributed by atoms with Crippen molar-refractivity contribution in [2.75, 3.05) is 11.4 Å². The predicted octanol–water partition coefficient (Wildman–Crippen LogP) is 2.39. The molecule has 0 radical (unpaired) electrons. The minimum Gasteiger partial charge on any atom is -0.368 e. The van der Waals surface area contributed by atoms with E-state index in [1.165, 1.54) is 31.3 Å². The molecule has 65 heavy (non-hydrogen) atoms. The molecule has 6 aromatic rings. The number of nitrogens with two attached hydrogens (primary N) is 3. The molecule has 340 valence electrons. The first-order valence-electron chi connectivity index (χ1n) is 21.7. The van der Waals surface area contributed by atoms with E-state index in [0.29, 0.717) is 36.3 Å². The molecule has 0 fully saturated rings. The second kappa shape index (κ2) is 22.3. The Morgan fingerprint density at radius 1 is 0.677 bits per heavy atom. The van der Waals surface area contributed by atoms with E-state index < -0.39 is 71.7 Å². The van der Waals surface area contributed by atoms with Crippen molar-refractivity contribution in [2.24, 2.45) is 17.2 Å². The van der Waals surface area contributed by atoms with E-state index in [0.717, 1.165) is 27.2 Å². The first-order valence-corrected chi connectivity index (χ1v) is 21.7. The van der Waals surface area contributed by atoms with Gasteiger partial charge in [-0.05, 0) is 79.8 Å². The van der Waals surface area contributed by atoms with Gasteiger partial charge in [0.05, 0.1) is 12.4 Å². The molecule has 0 aliphatic rings. The van der Waals surface area contributed by atoms with Crippen LogP contribution in [0.2, 0.25) is 0 Å². The lowest BCUT2D eigenvalue weighted by molar-refractivity contribution is -0.134. The van der Waals surface area contributed by atoms with Crippen molar-refractivity contribution in [3.05, 3.63) is 133 Å². The molecule has 2 heterocycles. The van der Waals surface area contributed by atoms with Crippen LogP contribution in [-0.2, 0) is 48.0 Å². The van der Waals surface area contributed by atoms with Crippen molar-refractivity contribution in [1.29, 1.82) is 0 Å². The van der Waals surface area contributed by atoms with Crippen molar-refractivity contribution in [1.82, 2.24) is 36.2 Å². The van der Waals surface area contributed by atoms with Crippen molar-refractivity contribution < 1.29 is 28.8 Å². The summed E-state index contributed by atoms with van der Waals surface area (Å²) in [5.41, 5.74) is 20.4. The number of nitrogens with zero attached hydrogens (tertiary/aromatic N) is 2. The SMILES string of the molecule is C[C@H](N)C(=O)N[C@@H](Cc1cnc[nH]1)C(=O)N(c1ccc2ccccc2c1)[C@@H](C)C(=O)N[C@@H](Cc1c[nH]c2ccccc12)C(=O)N[C@@H](Cc1ccccc1)C(=O)N[C@@H](CCCCN)C(N)=O. The Balaban J connectivity index is 1.35. The van der Waals surface area contributed by atoms with Crippen LogP contribution in [0.3, 0.4) is 0 Å². The quantitative estimate of drug-likeness (QED) is 0.0452. The zero-order valence-corrected chi connectivity index (χ0v) is 36.5. The Morgan fingerprint density at radius 3 is 2.02 bits per heavy atom. The summed E-state index contributed by atoms with van der Waals surface area (Å²) >= 11 is 0. The molecular formula is C48H57N11O6. The highest BCUT2D eigenvalue weighted by Gasteiger charge is 2.37. The van der Waals surface area contributed by atoms with Gasteiger partial charge >= 0.3 is 0 Å². The number of unbranched alkanes of at least 4 members (excludes halogenated alkanes) is 1. The molecule has 4 aromatic carbocycles. The number of H-pyrrole nitrogens is 2. The van der Waals surface area contributed by atoms with E-state index in [2.05, 4.69) is 36.2 Å². The molecule has 0 aliphatic carbocycles. The standard InChI is InChI=1S/C48H57N11O6/c1-29(50)44(61)58-42(25-35-27-52-28-54-35)48(65)59(36-20-19-32-14-6-7-15-33(32)23-36)30(2)45(62)56-41(24-34-26-53-38-17-9-8-16-37(34)38)47(64)57-40(22-31-12-4-3-5-13-31)46(63)55-39(43(51)60)18-10-11-21-49/h3-9,12-17,19-20,23,26-30,39-42,53H,10-11,18,21-22,24-25,49-50H2,1-2H3,(H2,51,60)(H,52,54)(H,55,63)(H,56,62)(H,57,64)(H,58,61)/t29-,30-,39-,40-,41-,42-/m0/s1. The van der Waals surface area contributed by atoms with Gasteiger partial charge in [-0.1, -0.05) is 78.9 Å². The summed E-state index contributed by atoms with van der Waals surface area (Å²) in [5, 5.41) is 13.7. The summed E-state index contributed by atoms with van der Waals surface area (Å²) in [6, 6.07) is 22.5. The maximum absolute atomic E-state index is 14.9. The first-order chi connectivity index (χ1) is 31.3. The second-order valence-corrected chi connectivity index (χ2v) is 16.2. The van der Waals surface area contributed by atoms with Gasteiger partial charge in [0, 0.05) is 53.9 Å². The third-order valence-corrected chi connectivity index (χ3v) is 11.3. The predicted molar refractivity (Wildman–Crippen MR) is 249 cm³/mol. The zero-order valence-electron chi connectivity index (χ0n) is 36.5. The largest absolute Gasteiger partial charge is 0.368 e. The number of hydrogen-bond donors (Lipinski definition) is 9. The number of para-hydroxylation sites is 1. The van der Waals surface area contributed by atoms with E-state index in [4.69, 9.17) is 17.2 Å². The number of benzene rings is 4. The number of nitrogens with one attached hydrogen (secondary N) is 6. The van der Waals surface area contributed by atoms with Crippen LogP contribution < -0.4 is 43.4 Å². The van der Waals surface area contributed by atoms with Gasteiger partial charge in [-0.25, -0.2) is 4.98 Å². The van der Waals surface area contributed by atoms with Crippen LogP contribution in [0.5, 0.6) is 0 Å². The van der Waals surface area contributed by atoms with Crippen molar-refractivity contribution in [2.45, 2.75) is 88.6 Å². The molecule has 0 bridgehead atoms. The maximum atomic E-state index is 14.9. The number of rotatable bonds is 22. The number of anilines is 1. The molecule has 6 rings (SSSR count). The lowest BCUT2D eigenvalue weighted by Crippen LogP contribution is -2.60. The number of fused-ring (bicyclic) bond motifs is 2. The Kier molecular flexibility index (Phi) is 16.2. The zero-order chi connectivity index (χ0) is 46.5. The Bertz CT molecular complexity index is 2580. The molecule has 6 atom stereocenters. The van der Waals surface area contributed by atoms with E-state index in [1.807, 2.05) is 60.7 Å². The molecule has 0 saturated heterocycles. The van der Waals surface area contributed by atoms with Gasteiger partial charge in [0.15, 0.2) is 0 Å². The summed E-state index contributed by atoms with van der Waals surface area (Å²) in [5.74, 6) is -3.99. The van der Waals surface area contributed by atoms with Gasteiger partial charge in [0.25, 0.3) is 5.91 Å². The van der Waals surface area contributed by atoms with Crippen LogP contribution in [0.25, 0.3) is 21.7 Å². The molecule has 0 aliphatic heterocycles. The fraction of sp³-hybridized carbons (Fsp3) is 0.312. The number of carbonyl (C=O) groups is 6. The van der Waals surface area contributed by atoms with Crippen molar-refractivity contribution in [3.63, 3.8) is 0 Å². The van der Waals surface area contributed by atoms with E-state index in [-0.39, 0.29) is 25.7 Å². The van der Waals surface area contributed by atoms with Crippen LogP contribution in [-0.4, -0.2) is 93.2 Å². The number of carbonyl (C=O) groups excluding carboxylic acids is 6. The molecule has 6 amide bonds. The lowest BCUT2D eigenvalue weighted by Gasteiger charge is -2.33. The molecule has 0 spiro atoms. The van der Waals surface area contributed by atoms with Crippen LogP contribution in [0.15, 0.2) is 116 Å². The number of amides is 6. The maximum Gasteiger partial charge on any atom is 0.250 e. The summed E-state index contributed by atoms with van der Waals surface area (Å²) < 4.78 is 0. The average molecular weight is 884 g/mol. The number of hydrogen-bond acceptors (Lipinski definition) is 9. The van der Waals surface area contributed by atoms with Gasteiger partial charge in [-0.2, -0.15) is 0 Å². The minimum absolute atomic E-state index is 0.00416. The van der Waals surface area contributed by atoms with Crippen LogP contribution in [0.1, 0.15) is 49.9 Å².